The predicted molar refractivity (Wildman–Crippen MR) is 97.6 cm³/mol. The molecule has 5 heteroatoms. The number of hydrogen-bond donors (Lipinski definition) is 0. The summed E-state index contributed by atoms with van der Waals surface area (Å²) in [6, 6.07) is 12.2. The largest absolute Gasteiger partial charge is 0.307 e. The van der Waals surface area contributed by atoms with Gasteiger partial charge < -0.3 is 4.57 Å². The van der Waals surface area contributed by atoms with Crippen molar-refractivity contribution in [1.82, 2.24) is 14.3 Å². The van der Waals surface area contributed by atoms with Crippen molar-refractivity contribution in [2.45, 2.75) is 19.9 Å². The Bertz CT molecular complexity index is 1070. The van der Waals surface area contributed by atoms with Crippen molar-refractivity contribution in [1.29, 1.82) is 0 Å². The number of nitrogens with zero attached hydrogens (tertiary/aromatic N) is 3. The van der Waals surface area contributed by atoms with E-state index < -0.39 is 12.6 Å². The molecule has 25 heavy (non-hydrogen) atoms. The first-order valence-electron chi connectivity index (χ1n) is 9.26. The minimum absolute atomic E-state index is 0.00756. The molecular formula is C20H19N3O2. The van der Waals surface area contributed by atoms with Crippen LogP contribution in [0.5, 0.6) is 0 Å². The molecule has 0 saturated heterocycles. The van der Waals surface area contributed by atoms with Gasteiger partial charge in [0.05, 0.1) is 24.8 Å². The number of ketones is 1. The van der Waals surface area contributed by atoms with Gasteiger partial charge in [-0.15, -0.1) is 0 Å². The van der Waals surface area contributed by atoms with Crippen LogP contribution in [0.15, 0.2) is 66.2 Å². The van der Waals surface area contributed by atoms with Crippen LogP contribution in [0, 0.1) is 6.85 Å². The van der Waals surface area contributed by atoms with E-state index in [1.54, 1.807) is 12.1 Å². The normalized spacial score (nSPS) is 12.9. The minimum atomic E-state index is -2.52. The van der Waals surface area contributed by atoms with Gasteiger partial charge in [-0.1, -0.05) is 43.0 Å². The average Bonchev–Trinajstić information content (AvgIpc) is 3.08. The summed E-state index contributed by atoms with van der Waals surface area (Å²) in [4.78, 5) is 24.8. The maximum Gasteiger partial charge on any atom is 0.250 e. The topological polar surface area (TPSA) is 56.9 Å². The zero-order valence-electron chi connectivity index (χ0n) is 16.6. The van der Waals surface area contributed by atoms with Crippen LogP contribution in [0.4, 0.5) is 0 Å². The van der Waals surface area contributed by atoms with Crippen LogP contribution in [0.2, 0.25) is 0 Å². The van der Waals surface area contributed by atoms with Crippen LogP contribution in [-0.4, -0.2) is 20.1 Å². The van der Waals surface area contributed by atoms with Crippen molar-refractivity contribution in [2.75, 3.05) is 0 Å². The number of carbonyl (C=O) groups is 1. The van der Waals surface area contributed by atoms with Crippen LogP contribution in [0.1, 0.15) is 31.3 Å². The second-order valence-corrected chi connectivity index (χ2v) is 5.61. The molecule has 0 aliphatic carbocycles. The van der Waals surface area contributed by atoms with Gasteiger partial charge in [0.15, 0.2) is 5.78 Å². The van der Waals surface area contributed by atoms with E-state index >= 15 is 0 Å². The summed E-state index contributed by atoms with van der Waals surface area (Å²) in [5.41, 5.74) is 1.06. The molecular weight excluding hydrogens is 314 g/mol. The van der Waals surface area contributed by atoms with Gasteiger partial charge in [0.2, 0.25) is 0 Å². The van der Waals surface area contributed by atoms with E-state index in [0.29, 0.717) is 5.56 Å². The standard InChI is InChI=1S/C20H19N3O2/c1-3-16-9-10-20(25)22(12-16)14-19(24)18-11-21-23(15(18)2)13-17-7-5-4-6-8-17/h3-12H,1,13-14H2,2H3/i2D3. The quantitative estimate of drug-likeness (QED) is 0.650. The first-order chi connectivity index (χ1) is 13.3. The van der Waals surface area contributed by atoms with Gasteiger partial charge in [0, 0.05) is 22.1 Å². The number of benzene rings is 1. The molecule has 2 heterocycles. The van der Waals surface area contributed by atoms with Crippen LogP contribution >= 0.6 is 0 Å². The Hall–Kier alpha value is -3.21. The van der Waals surface area contributed by atoms with Gasteiger partial charge in [0.1, 0.15) is 0 Å². The fourth-order valence-corrected chi connectivity index (χ4v) is 2.50. The third kappa shape index (κ3) is 3.66. The molecule has 0 aliphatic rings. The average molecular weight is 336 g/mol. The predicted octanol–water partition coefficient (Wildman–Crippen LogP) is 2.93. The lowest BCUT2D eigenvalue weighted by Crippen LogP contribution is -2.23. The monoisotopic (exact) mass is 336 g/mol. The fraction of sp³-hybridized carbons (Fsp3) is 0.150. The molecule has 5 nitrogen and oxygen atoms in total. The molecule has 2 aromatic heterocycles. The van der Waals surface area contributed by atoms with Crippen molar-refractivity contribution < 1.29 is 8.91 Å². The van der Waals surface area contributed by atoms with Crippen molar-refractivity contribution in [3.63, 3.8) is 0 Å². The Kier molecular flexibility index (Phi) is 3.74. The Morgan fingerprint density at radius 2 is 2.08 bits per heavy atom. The van der Waals surface area contributed by atoms with Crippen molar-refractivity contribution in [3.05, 3.63) is 94.2 Å². The lowest BCUT2D eigenvalue weighted by atomic mass is 10.1. The third-order valence-electron chi connectivity index (χ3n) is 3.87. The van der Waals surface area contributed by atoms with Gasteiger partial charge in [-0.05, 0) is 24.0 Å². The summed E-state index contributed by atoms with van der Waals surface area (Å²) >= 11 is 0. The van der Waals surface area contributed by atoms with Gasteiger partial charge in [0.25, 0.3) is 5.56 Å². The Labute approximate surface area is 150 Å². The Balaban J connectivity index is 1.96. The van der Waals surface area contributed by atoms with E-state index in [1.807, 2.05) is 30.3 Å². The summed E-state index contributed by atoms with van der Waals surface area (Å²) in [6.45, 7) is 1.07. The zero-order chi connectivity index (χ0) is 20.3. The van der Waals surface area contributed by atoms with Gasteiger partial charge in [-0.3, -0.25) is 14.3 Å². The molecule has 0 spiro atoms. The highest BCUT2D eigenvalue weighted by Gasteiger charge is 2.15. The summed E-state index contributed by atoms with van der Waals surface area (Å²) in [7, 11) is 0. The number of pyridine rings is 1. The van der Waals surface area contributed by atoms with Crippen LogP contribution < -0.4 is 5.56 Å². The maximum atomic E-state index is 12.8. The first kappa shape index (κ1) is 13.1. The molecule has 1 aromatic carbocycles. The smallest absolute Gasteiger partial charge is 0.250 e. The lowest BCUT2D eigenvalue weighted by Gasteiger charge is -2.07. The summed E-state index contributed by atoms with van der Waals surface area (Å²) in [5.74, 6) is -0.492. The highest BCUT2D eigenvalue weighted by molar-refractivity contribution is 5.96. The molecule has 0 N–H and O–H groups in total. The Morgan fingerprint density at radius 3 is 2.80 bits per heavy atom. The van der Waals surface area contributed by atoms with Gasteiger partial charge in [-0.25, -0.2) is 0 Å². The number of hydrogen-bond acceptors (Lipinski definition) is 3. The molecule has 0 atom stereocenters. The van der Waals surface area contributed by atoms with E-state index in [1.165, 1.54) is 27.7 Å². The van der Waals surface area contributed by atoms with Gasteiger partial charge in [-0.2, -0.15) is 5.10 Å². The SMILES string of the molecule is [2H]C([2H])([2H])c1c(C(=O)Cn2cc(C=C)ccc2=O)cnn1Cc1ccccc1. The molecule has 0 saturated carbocycles. The van der Waals surface area contributed by atoms with E-state index in [4.69, 9.17) is 4.11 Å². The summed E-state index contributed by atoms with van der Waals surface area (Å²) in [5, 5.41) is 4.13. The second-order valence-electron chi connectivity index (χ2n) is 5.61. The number of rotatable bonds is 6. The van der Waals surface area contributed by atoms with Crippen LogP contribution in [0.25, 0.3) is 6.08 Å². The van der Waals surface area contributed by atoms with E-state index in [9.17, 15) is 9.59 Å². The molecule has 0 aliphatic heterocycles. The molecule has 0 fully saturated rings. The second kappa shape index (κ2) is 7.13. The molecule has 0 radical (unpaired) electrons. The van der Waals surface area contributed by atoms with Crippen molar-refractivity contribution in [3.8, 4) is 0 Å². The van der Waals surface area contributed by atoms with Crippen molar-refractivity contribution >= 4 is 11.9 Å². The molecule has 3 aromatic rings. The van der Waals surface area contributed by atoms with E-state index in [-0.39, 0.29) is 29.9 Å². The number of Topliss-reactive ketones (excluding diaryl/α,β-unsaturated/α-hetero) is 1. The number of aromatic nitrogens is 3. The highest BCUT2D eigenvalue weighted by atomic mass is 16.1. The van der Waals surface area contributed by atoms with Crippen LogP contribution in [-0.2, 0) is 13.1 Å². The summed E-state index contributed by atoms with van der Waals surface area (Å²) < 4.78 is 26.1. The molecule has 126 valence electrons. The van der Waals surface area contributed by atoms with E-state index in [2.05, 4.69) is 11.7 Å². The highest BCUT2D eigenvalue weighted by Crippen LogP contribution is 2.12. The van der Waals surface area contributed by atoms with Crippen LogP contribution in [0.3, 0.4) is 0 Å². The zero-order valence-corrected chi connectivity index (χ0v) is 13.6. The first-order valence-corrected chi connectivity index (χ1v) is 7.76. The Morgan fingerprint density at radius 1 is 1.28 bits per heavy atom. The molecule has 0 amide bonds. The van der Waals surface area contributed by atoms with E-state index in [0.717, 1.165) is 5.56 Å². The molecule has 0 unspecified atom stereocenters. The van der Waals surface area contributed by atoms with Crippen molar-refractivity contribution in [2.24, 2.45) is 0 Å². The third-order valence-corrected chi connectivity index (χ3v) is 3.87. The number of carbonyl (C=O) groups excluding carboxylic acids is 1. The lowest BCUT2D eigenvalue weighted by molar-refractivity contribution is 0.0970. The van der Waals surface area contributed by atoms with Gasteiger partial charge >= 0.3 is 0 Å². The molecule has 0 bridgehead atoms. The fourth-order valence-electron chi connectivity index (χ4n) is 2.50. The maximum absolute atomic E-state index is 12.8. The molecule has 3 rings (SSSR count). The minimum Gasteiger partial charge on any atom is -0.307 e. The summed E-state index contributed by atoms with van der Waals surface area (Å²) in [6.07, 6.45) is 4.33.